The van der Waals surface area contributed by atoms with Crippen LogP contribution in [0.5, 0.6) is 0 Å². The maximum atomic E-state index is 11.6. The van der Waals surface area contributed by atoms with E-state index in [0.717, 1.165) is 19.4 Å². The highest BCUT2D eigenvalue weighted by Gasteiger charge is 2.17. The minimum Gasteiger partial charge on any atom is -0.459 e. The topological polar surface area (TPSA) is 35.5 Å². The monoisotopic (exact) mass is 240 g/mol. The molecule has 1 aliphatic rings. The van der Waals surface area contributed by atoms with Gasteiger partial charge in [-0.15, -0.1) is 0 Å². The van der Waals surface area contributed by atoms with Crippen LogP contribution in [0.15, 0.2) is 24.3 Å². The Hall–Kier alpha value is -1.06. The van der Waals surface area contributed by atoms with Gasteiger partial charge in [-0.05, 0) is 37.1 Å². The zero-order chi connectivity index (χ0) is 11.4. The van der Waals surface area contributed by atoms with Crippen LogP contribution in [0.25, 0.3) is 0 Å². The van der Waals surface area contributed by atoms with E-state index >= 15 is 0 Å². The summed E-state index contributed by atoms with van der Waals surface area (Å²) >= 11 is 5.72. The van der Waals surface area contributed by atoms with E-state index in [1.54, 1.807) is 24.3 Å². The van der Waals surface area contributed by atoms with Gasteiger partial charge in [0.1, 0.15) is 6.61 Å². The molecule has 0 radical (unpaired) electrons. The van der Waals surface area contributed by atoms with Crippen molar-refractivity contribution in [2.45, 2.75) is 18.9 Å². The Bertz CT molecular complexity index is 355. The van der Waals surface area contributed by atoms with E-state index in [4.69, 9.17) is 21.1 Å². The van der Waals surface area contributed by atoms with Gasteiger partial charge in [0.05, 0.1) is 11.7 Å². The first-order valence-corrected chi connectivity index (χ1v) is 5.68. The van der Waals surface area contributed by atoms with Gasteiger partial charge in [-0.3, -0.25) is 0 Å². The van der Waals surface area contributed by atoms with Crippen molar-refractivity contribution in [2.75, 3.05) is 13.2 Å². The largest absolute Gasteiger partial charge is 0.459 e. The van der Waals surface area contributed by atoms with Gasteiger partial charge in [-0.25, -0.2) is 4.79 Å². The SMILES string of the molecule is O=C(OC[C@@H]1CCCO1)c1ccc(Cl)cc1. The molecule has 16 heavy (non-hydrogen) atoms. The number of ether oxygens (including phenoxy) is 2. The molecule has 2 rings (SSSR count). The molecule has 1 saturated heterocycles. The molecule has 1 aromatic carbocycles. The van der Waals surface area contributed by atoms with Crippen LogP contribution >= 0.6 is 11.6 Å². The fraction of sp³-hybridized carbons (Fsp3) is 0.417. The maximum absolute atomic E-state index is 11.6. The number of hydrogen-bond donors (Lipinski definition) is 0. The lowest BCUT2D eigenvalue weighted by molar-refractivity contribution is 0.0161. The van der Waals surface area contributed by atoms with Gasteiger partial charge in [0, 0.05) is 11.6 Å². The fourth-order valence-corrected chi connectivity index (χ4v) is 1.74. The van der Waals surface area contributed by atoms with Crippen molar-refractivity contribution in [3.05, 3.63) is 34.9 Å². The highest BCUT2D eigenvalue weighted by atomic mass is 35.5. The maximum Gasteiger partial charge on any atom is 0.338 e. The molecular weight excluding hydrogens is 228 g/mol. The third-order valence-electron chi connectivity index (χ3n) is 2.50. The van der Waals surface area contributed by atoms with E-state index in [2.05, 4.69) is 0 Å². The summed E-state index contributed by atoms with van der Waals surface area (Å²) in [6.07, 6.45) is 2.08. The van der Waals surface area contributed by atoms with Gasteiger partial charge >= 0.3 is 5.97 Å². The molecule has 86 valence electrons. The van der Waals surface area contributed by atoms with Crippen LogP contribution < -0.4 is 0 Å². The molecule has 0 aliphatic carbocycles. The minimum atomic E-state index is -0.327. The molecule has 1 atom stereocenters. The molecule has 0 N–H and O–H groups in total. The Balaban J connectivity index is 1.85. The molecule has 1 heterocycles. The number of benzene rings is 1. The lowest BCUT2D eigenvalue weighted by Crippen LogP contribution is -2.17. The Kier molecular flexibility index (Phi) is 3.80. The van der Waals surface area contributed by atoms with Gasteiger partial charge in [-0.1, -0.05) is 11.6 Å². The summed E-state index contributed by atoms with van der Waals surface area (Å²) in [4.78, 5) is 11.6. The van der Waals surface area contributed by atoms with Crippen molar-refractivity contribution in [2.24, 2.45) is 0 Å². The number of hydrogen-bond acceptors (Lipinski definition) is 3. The Morgan fingerprint density at radius 2 is 2.19 bits per heavy atom. The number of esters is 1. The fourth-order valence-electron chi connectivity index (χ4n) is 1.61. The lowest BCUT2D eigenvalue weighted by Gasteiger charge is -2.09. The smallest absolute Gasteiger partial charge is 0.338 e. The van der Waals surface area contributed by atoms with Crippen LogP contribution in [0.4, 0.5) is 0 Å². The van der Waals surface area contributed by atoms with Crippen LogP contribution in [0.3, 0.4) is 0 Å². The molecule has 0 aromatic heterocycles. The summed E-state index contributed by atoms with van der Waals surface area (Å²) in [6, 6.07) is 6.65. The van der Waals surface area contributed by atoms with Gasteiger partial charge in [0.2, 0.25) is 0 Å². The van der Waals surface area contributed by atoms with Crippen LogP contribution in [0.1, 0.15) is 23.2 Å². The molecule has 0 unspecified atom stereocenters. The highest BCUT2D eigenvalue weighted by molar-refractivity contribution is 6.30. The average molecular weight is 241 g/mol. The minimum absolute atomic E-state index is 0.0660. The number of halogens is 1. The Morgan fingerprint density at radius 1 is 1.44 bits per heavy atom. The zero-order valence-corrected chi connectivity index (χ0v) is 9.57. The summed E-state index contributed by atoms with van der Waals surface area (Å²) in [5, 5.41) is 0.607. The zero-order valence-electron chi connectivity index (χ0n) is 8.82. The van der Waals surface area contributed by atoms with E-state index in [9.17, 15) is 4.79 Å². The number of carbonyl (C=O) groups excluding carboxylic acids is 1. The van der Waals surface area contributed by atoms with Crippen LogP contribution in [0.2, 0.25) is 5.02 Å². The average Bonchev–Trinajstić information content (AvgIpc) is 2.80. The molecule has 0 amide bonds. The summed E-state index contributed by atoms with van der Waals surface area (Å²) in [5.74, 6) is -0.327. The van der Waals surface area contributed by atoms with E-state index in [1.807, 2.05) is 0 Å². The normalized spacial score (nSPS) is 19.7. The number of carbonyl (C=O) groups is 1. The Labute approximate surface area is 99.3 Å². The van der Waals surface area contributed by atoms with Crippen LogP contribution in [-0.2, 0) is 9.47 Å². The third-order valence-corrected chi connectivity index (χ3v) is 2.76. The van der Waals surface area contributed by atoms with Crippen molar-refractivity contribution in [1.29, 1.82) is 0 Å². The highest BCUT2D eigenvalue weighted by Crippen LogP contribution is 2.14. The molecule has 4 heteroatoms. The van der Waals surface area contributed by atoms with Gasteiger partial charge in [-0.2, -0.15) is 0 Å². The quantitative estimate of drug-likeness (QED) is 0.762. The summed E-state index contributed by atoms with van der Waals surface area (Å²) in [7, 11) is 0. The predicted octanol–water partition coefficient (Wildman–Crippen LogP) is 2.68. The third kappa shape index (κ3) is 2.97. The van der Waals surface area contributed by atoms with Crippen molar-refractivity contribution < 1.29 is 14.3 Å². The molecule has 0 saturated carbocycles. The molecule has 1 aromatic rings. The van der Waals surface area contributed by atoms with Crippen LogP contribution in [-0.4, -0.2) is 25.3 Å². The van der Waals surface area contributed by atoms with E-state index in [1.165, 1.54) is 0 Å². The van der Waals surface area contributed by atoms with E-state index < -0.39 is 0 Å². The second-order valence-corrected chi connectivity index (χ2v) is 4.18. The summed E-state index contributed by atoms with van der Waals surface area (Å²) < 4.78 is 10.5. The van der Waals surface area contributed by atoms with E-state index in [0.29, 0.717) is 17.2 Å². The molecule has 1 fully saturated rings. The van der Waals surface area contributed by atoms with Crippen LogP contribution in [0, 0.1) is 0 Å². The predicted molar refractivity (Wildman–Crippen MR) is 60.7 cm³/mol. The van der Waals surface area contributed by atoms with Crippen molar-refractivity contribution in [3.63, 3.8) is 0 Å². The summed E-state index contributed by atoms with van der Waals surface area (Å²) in [6.45, 7) is 1.10. The van der Waals surface area contributed by atoms with E-state index in [-0.39, 0.29) is 12.1 Å². The molecular formula is C12H13ClO3. The first kappa shape index (κ1) is 11.4. The molecule has 3 nitrogen and oxygen atoms in total. The molecule has 1 aliphatic heterocycles. The molecule has 0 spiro atoms. The second kappa shape index (κ2) is 5.32. The summed E-state index contributed by atoms with van der Waals surface area (Å²) in [5.41, 5.74) is 0.516. The van der Waals surface area contributed by atoms with Crippen molar-refractivity contribution in [3.8, 4) is 0 Å². The first-order chi connectivity index (χ1) is 7.75. The lowest BCUT2D eigenvalue weighted by atomic mass is 10.2. The second-order valence-electron chi connectivity index (χ2n) is 3.74. The Morgan fingerprint density at radius 3 is 2.81 bits per heavy atom. The van der Waals surface area contributed by atoms with Gasteiger partial charge < -0.3 is 9.47 Å². The first-order valence-electron chi connectivity index (χ1n) is 5.30. The standard InChI is InChI=1S/C12H13ClO3/c13-10-5-3-9(4-6-10)12(14)16-8-11-2-1-7-15-11/h3-6,11H,1-2,7-8H2/t11-/m0/s1. The van der Waals surface area contributed by atoms with Gasteiger partial charge in [0.25, 0.3) is 0 Å². The van der Waals surface area contributed by atoms with Crippen molar-refractivity contribution in [1.82, 2.24) is 0 Å². The van der Waals surface area contributed by atoms with Crippen molar-refractivity contribution >= 4 is 17.6 Å². The number of rotatable bonds is 3. The molecule has 0 bridgehead atoms. The van der Waals surface area contributed by atoms with Gasteiger partial charge in [0.15, 0.2) is 0 Å².